The Kier molecular flexibility index (Phi) is 6.73. The SMILES string of the molecule is CCCNC(=O)CCC1C=NC(C)=C(OCc2ccccc2)C1=O. The highest BCUT2D eigenvalue weighted by Crippen LogP contribution is 2.22. The van der Waals surface area contributed by atoms with Crippen molar-refractivity contribution in [3.8, 4) is 0 Å². The van der Waals surface area contributed by atoms with Crippen molar-refractivity contribution in [3.63, 3.8) is 0 Å². The van der Waals surface area contributed by atoms with Gasteiger partial charge in [0.15, 0.2) is 5.76 Å². The van der Waals surface area contributed by atoms with Gasteiger partial charge in [0, 0.05) is 19.2 Å². The van der Waals surface area contributed by atoms with Gasteiger partial charge in [-0.2, -0.15) is 0 Å². The Bertz CT molecular complexity index is 635. The number of nitrogens with one attached hydrogen (secondary N) is 1. The summed E-state index contributed by atoms with van der Waals surface area (Å²) in [4.78, 5) is 28.5. The molecule has 0 saturated heterocycles. The van der Waals surface area contributed by atoms with Gasteiger partial charge < -0.3 is 10.1 Å². The van der Waals surface area contributed by atoms with Crippen LogP contribution in [-0.4, -0.2) is 24.4 Å². The molecule has 1 aliphatic heterocycles. The number of aliphatic imine (C=N–C) groups is 1. The third-order valence-corrected chi connectivity index (χ3v) is 3.82. The van der Waals surface area contributed by atoms with E-state index in [1.165, 1.54) is 0 Å². The van der Waals surface area contributed by atoms with Gasteiger partial charge in [0.2, 0.25) is 11.7 Å². The number of benzene rings is 1. The van der Waals surface area contributed by atoms with Crippen LogP contribution in [0.2, 0.25) is 0 Å². The van der Waals surface area contributed by atoms with Crippen LogP contribution >= 0.6 is 0 Å². The first kappa shape index (κ1) is 17.9. The molecule has 0 aliphatic carbocycles. The molecule has 128 valence electrons. The molecule has 1 aromatic rings. The summed E-state index contributed by atoms with van der Waals surface area (Å²) >= 11 is 0. The summed E-state index contributed by atoms with van der Waals surface area (Å²) in [5.41, 5.74) is 1.58. The molecule has 1 amide bonds. The number of nitrogens with zero attached hydrogens (tertiary/aromatic N) is 1. The molecule has 0 spiro atoms. The van der Waals surface area contributed by atoms with Crippen molar-refractivity contribution in [2.24, 2.45) is 10.9 Å². The Labute approximate surface area is 142 Å². The van der Waals surface area contributed by atoms with E-state index < -0.39 is 5.92 Å². The minimum atomic E-state index is -0.396. The first-order valence-electron chi connectivity index (χ1n) is 8.34. The van der Waals surface area contributed by atoms with Crippen molar-refractivity contribution in [3.05, 3.63) is 47.4 Å². The zero-order chi connectivity index (χ0) is 17.4. The molecule has 1 unspecified atom stereocenters. The van der Waals surface area contributed by atoms with E-state index in [4.69, 9.17) is 4.74 Å². The molecule has 5 heteroatoms. The Morgan fingerprint density at radius 1 is 1.29 bits per heavy atom. The van der Waals surface area contributed by atoms with Crippen LogP contribution in [0, 0.1) is 5.92 Å². The van der Waals surface area contributed by atoms with Crippen molar-refractivity contribution < 1.29 is 14.3 Å². The molecule has 0 radical (unpaired) electrons. The first-order chi connectivity index (χ1) is 11.6. The van der Waals surface area contributed by atoms with E-state index in [0.29, 0.717) is 37.4 Å². The summed E-state index contributed by atoms with van der Waals surface area (Å²) in [6.07, 6.45) is 3.28. The third-order valence-electron chi connectivity index (χ3n) is 3.82. The van der Waals surface area contributed by atoms with Crippen LogP contribution in [0.3, 0.4) is 0 Å². The predicted molar refractivity (Wildman–Crippen MR) is 93.5 cm³/mol. The van der Waals surface area contributed by atoms with Crippen LogP contribution in [0.5, 0.6) is 0 Å². The number of ether oxygens (including phenoxy) is 1. The molecule has 0 bridgehead atoms. The molecule has 1 aliphatic rings. The third kappa shape index (κ3) is 5.05. The van der Waals surface area contributed by atoms with Crippen LogP contribution in [0.4, 0.5) is 0 Å². The molecular weight excluding hydrogens is 304 g/mol. The standard InChI is InChI=1S/C19H24N2O3/c1-3-11-20-17(22)10-9-16-12-21-14(2)19(18(16)23)24-13-15-7-5-4-6-8-15/h4-8,12,16H,3,9-11,13H2,1-2H3,(H,20,22). The summed E-state index contributed by atoms with van der Waals surface area (Å²) < 4.78 is 5.71. The molecule has 0 aromatic heterocycles. The number of Topliss-reactive ketones (excluding diaryl/α,β-unsaturated/α-hetero) is 1. The molecule has 0 saturated carbocycles. The van der Waals surface area contributed by atoms with E-state index in [9.17, 15) is 9.59 Å². The maximum atomic E-state index is 12.6. The minimum Gasteiger partial charge on any atom is -0.483 e. The molecule has 1 heterocycles. The molecular formula is C19H24N2O3. The van der Waals surface area contributed by atoms with E-state index in [1.54, 1.807) is 13.1 Å². The van der Waals surface area contributed by atoms with Crippen LogP contribution in [0.25, 0.3) is 0 Å². The number of ketones is 1. The van der Waals surface area contributed by atoms with Gasteiger partial charge in [-0.3, -0.25) is 14.6 Å². The van der Waals surface area contributed by atoms with Crippen LogP contribution in [0.1, 0.15) is 38.7 Å². The number of amides is 1. The van der Waals surface area contributed by atoms with E-state index in [1.807, 2.05) is 37.3 Å². The Morgan fingerprint density at radius 3 is 2.75 bits per heavy atom. The zero-order valence-corrected chi connectivity index (χ0v) is 14.2. The van der Waals surface area contributed by atoms with Crippen molar-refractivity contribution in [1.29, 1.82) is 0 Å². The Balaban J connectivity index is 1.91. The smallest absolute Gasteiger partial charge is 0.220 e. The average molecular weight is 328 g/mol. The Hall–Kier alpha value is -2.43. The van der Waals surface area contributed by atoms with Gasteiger partial charge in [-0.25, -0.2) is 0 Å². The fraction of sp³-hybridized carbons (Fsp3) is 0.421. The molecule has 1 atom stereocenters. The second-order valence-corrected chi connectivity index (χ2v) is 5.83. The van der Waals surface area contributed by atoms with Gasteiger partial charge >= 0.3 is 0 Å². The molecule has 1 N–H and O–H groups in total. The molecule has 1 aromatic carbocycles. The fourth-order valence-electron chi connectivity index (χ4n) is 2.43. The summed E-state index contributed by atoms with van der Waals surface area (Å²) in [6, 6.07) is 9.69. The van der Waals surface area contributed by atoms with Crippen LogP contribution < -0.4 is 5.32 Å². The lowest BCUT2D eigenvalue weighted by molar-refractivity contribution is -0.122. The van der Waals surface area contributed by atoms with Crippen molar-refractivity contribution in [1.82, 2.24) is 5.32 Å². The topological polar surface area (TPSA) is 67.8 Å². The van der Waals surface area contributed by atoms with Crippen LogP contribution in [-0.2, 0) is 20.9 Å². The maximum Gasteiger partial charge on any atom is 0.220 e. The number of allylic oxidation sites excluding steroid dienone is 2. The highest BCUT2D eigenvalue weighted by molar-refractivity contribution is 6.07. The van der Waals surface area contributed by atoms with E-state index in [2.05, 4.69) is 10.3 Å². The summed E-state index contributed by atoms with van der Waals surface area (Å²) in [5.74, 6) is -0.218. The monoisotopic (exact) mass is 328 g/mol. The maximum absolute atomic E-state index is 12.6. The Morgan fingerprint density at radius 2 is 2.04 bits per heavy atom. The lowest BCUT2D eigenvalue weighted by atomic mass is 9.95. The highest BCUT2D eigenvalue weighted by atomic mass is 16.5. The molecule has 0 fully saturated rings. The number of hydrogen-bond donors (Lipinski definition) is 1. The molecule has 2 rings (SSSR count). The highest BCUT2D eigenvalue weighted by Gasteiger charge is 2.27. The lowest BCUT2D eigenvalue weighted by Crippen LogP contribution is -2.28. The van der Waals surface area contributed by atoms with Crippen molar-refractivity contribution in [2.75, 3.05) is 6.54 Å². The van der Waals surface area contributed by atoms with Crippen LogP contribution in [0.15, 0.2) is 46.8 Å². The zero-order valence-electron chi connectivity index (χ0n) is 14.2. The summed E-state index contributed by atoms with van der Waals surface area (Å²) in [6.45, 7) is 4.76. The lowest BCUT2D eigenvalue weighted by Gasteiger charge is -2.19. The first-order valence-corrected chi connectivity index (χ1v) is 8.34. The molecule has 5 nitrogen and oxygen atoms in total. The second-order valence-electron chi connectivity index (χ2n) is 5.83. The number of hydrogen-bond acceptors (Lipinski definition) is 4. The predicted octanol–water partition coefficient (Wildman–Crippen LogP) is 3.01. The largest absolute Gasteiger partial charge is 0.483 e. The average Bonchev–Trinajstić information content (AvgIpc) is 2.60. The van der Waals surface area contributed by atoms with Crippen molar-refractivity contribution >= 4 is 17.9 Å². The minimum absolute atomic E-state index is 0.0314. The second kappa shape index (κ2) is 9.01. The van der Waals surface area contributed by atoms with Gasteiger partial charge in [0.05, 0.1) is 11.6 Å². The van der Waals surface area contributed by atoms with Gasteiger partial charge in [-0.15, -0.1) is 0 Å². The van der Waals surface area contributed by atoms with Crippen molar-refractivity contribution in [2.45, 2.75) is 39.7 Å². The van der Waals surface area contributed by atoms with Gasteiger partial charge in [-0.05, 0) is 25.3 Å². The van der Waals surface area contributed by atoms with E-state index >= 15 is 0 Å². The summed E-state index contributed by atoms with van der Waals surface area (Å²) in [5, 5.41) is 2.82. The number of carbonyl (C=O) groups excluding carboxylic acids is 2. The normalized spacial score (nSPS) is 17.1. The number of carbonyl (C=O) groups is 2. The van der Waals surface area contributed by atoms with E-state index in [-0.39, 0.29) is 11.7 Å². The quantitative estimate of drug-likeness (QED) is 0.797. The van der Waals surface area contributed by atoms with Gasteiger partial charge in [-0.1, -0.05) is 37.3 Å². The summed E-state index contributed by atoms with van der Waals surface area (Å²) in [7, 11) is 0. The fourth-order valence-corrected chi connectivity index (χ4v) is 2.43. The molecule has 24 heavy (non-hydrogen) atoms. The van der Waals surface area contributed by atoms with Gasteiger partial charge in [0.25, 0.3) is 0 Å². The number of rotatable bonds is 8. The van der Waals surface area contributed by atoms with E-state index in [0.717, 1.165) is 12.0 Å². The van der Waals surface area contributed by atoms with Gasteiger partial charge in [0.1, 0.15) is 6.61 Å².